The van der Waals surface area contributed by atoms with Crippen molar-refractivity contribution in [3.63, 3.8) is 0 Å². The number of nitrogens with two attached hydrogens (primary N) is 1. The minimum atomic E-state index is -0.509. The number of fused-ring (bicyclic) bond motifs is 1. The van der Waals surface area contributed by atoms with Crippen LogP contribution in [0, 0.1) is 0 Å². The first-order valence-electron chi connectivity index (χ1n) is 10.6. The number of carbonyl (C=O) groups excluding carboxylic acids is 2. The van der Waals surface area contributed by atoms with Crippen LogP contribution in [-0.2, 0) is 12.8 Å². The predicted octanol–water partition coefficient (Wildman–Crippen LogP) is 3.83. The number of hydrogen-bond donors (Lipinski definition) is 2. The highest BCUT2D eigenvalue weighted by Crippen LogP contribution is 2.21. The molecule has 7 nitrogen and oxygen atoms in total. The summed E-state index contributed by atoms with van der Waals surface area (Å²) < 4.78 is 0. The maximum Gasteiger partial charge on any atom is 0.255 e. The van der Waals surface area contributed by atoms with E-state index in [1.165, 1.54) is 6.33 Å². The number of anilines is 2. The number of aromatic nitrogens is 2. The molecule has 2 amide bonds. The van der Waals surface area contributed by atoms with Crippen molar-refractivity contribution in [2.24, 2.45) is 5.73 Å². The second-order valence-electron chi connectivity index (χ2n) is 7.98. The van der Waals surface area contributed by atoms with Crippen LogP contribution in [0.1, 0.15) is 32.0 Å². The number of benzene rings is 3. The monoisotopic (exact) mass is 439 g/mol. The van der Waals surface area contributed by atoms with E-state index in [4.69, 9.17) is 5.73 Å². The fourth-order valence-corrected chi connectivity index (χ4v) is 3.72. The third-order valence-corrected chi connectivity index (χ3v) is 5.49. The molecule has 33 heavy (non-hydrogen) atoms. The number of primary amides is 1. The van der Waals surface area contributed by atoms with Gasteiger partial charge in [0.05, 0.1) is 16.8 Å². The summed E-state index contributed by atoms with van der Waals surface area (Å²) in [5.74, 6) is -0.664. The van der Waals surface area contributed by atoms with Crippen LogP contribution < -0.4 is 16.0 Å². The molecule has 4 aromatic rings. The van der Waals surface area contributed by atoms with Gasteiger partial charge in [0, 0.05) is 36.4 Å². The van der Waals surface area contributed by atoms with Crippen molar-refractivity contribution in [3.8, 4) is 0 Å². The maximum absolute atomic E-state index is 12.6. The molecule has 0 aliphatic heterocycles. The van der Waals surface area contributed by atoms with Gasteiger partial charge in [0.2, 0.25) is 0 Å². The molecule has 0 fully saturated rings. The molecule has 0 atom stereocenters. The van der Waals surface area contributed by atoms with Gasteiger partial charge in [-0.3, -0.25) is 9.59 Å². The number of rotatable bonds is 7. The number of carbonyl (C=O) groups is 2. The lowest BCUT2D eigenvalue weighted by Gasteiger charge is -2.13. The topological polar surface area (TPSA) is 101 Å². The quantitative estimate of drug-likeness (QED) is 0.456. The number of nitrogens with one attached hydrogen (secondary N) is 1. The zero-order chi connectivity index (χ0) is 23.4. The number of aryl methyl sites for hydroxylation is 2. The molecule has 1 aromatic heterocycles. The van der Waals surface area contributed by atoms with Crippen molar-refractivity contribution < 1.29 is 9.59 Å². The Hall–Kier alpha value is -4.26. The van der Waals surface area contributed by atoms with Crippen molar-refractivity contribution in [3.05, 3.63) is 95.4 Å². The summed E-state index contributed by atoms with van der Waals surface area (Å²) in [6.45, 7) is 0. The number of nitrogens with zero attached hydrogens (tertiary/aromatic N) is 3. The lowest BCUT2D eigenvalue weighted by Crippen LogP contribution is -2.13. The van der Waals surface area contributed by atoms with Gasteiger partial charge in [-0.2, -0.15) is 0 Å². The van der Waals surface area contributed by atoms with Crippen LogP contribution in [0.2, 0.25) is 0 Å². The van der Waals surface area contributed by atoms with E-state index in [1.807, 2.05) is 73.6 Å². The normalized spacial score (nSPS) is 10.7. The third-order valence-electron chi connectivity index (χ3n) is 5.49. The maximum atomic E-state index is 12.6. The van der Waals surface area contributed by atoms with E-state index in [-0.39, 0.29) is 5.91 Å². The van der Waals surface area contributed by atoms with Gasteiger partial charge in [-0.1, -0.05) is 24.3 Å². The Labute approximate surface area is 192 Å². The summed E-state index contributed by atoms with van der Waals surface area (Å²) in [4.78, 5) is 35.0. The molecule has 166 valence electrons. The molecule has 0 aliphatic rings. The largest absolute Gasteiger partial charge is 0.378 e. The Morgan fingerprint density at radius 2 is 1.70 bits per heavy atom. The highest BCUT2D eigenvalue weighted by molar-refractivity contribution is 6.05. The summed E-state index contributed by atoms with van der Waals surface area (Å²) in [6.07, 6.45) is 2.83. The van der Waals surface area contributed by atoms with Gasteiger partial charge in [-0.25, -0.2) is 9.97 Å². The number of amides is 2. The highest BCUT2D eigenvalue weighted by atomic mass is 16.2. The van der Waals surface area contributed by atoms with Crippen LogP contribution in [0.25, 0.3) is 10.9 Å². The molecular weight excluding hydrogens is 414 g/mol. The average Bonchev–Trinajstić information content (AvgIpc) is 2.82. The second-order valence-corrected chi connectivity index (χ2v) is 7.98. The van der Waals surface area contributed by atoms with Crippen molar-refractivity contribution in [2.45, 2.75) is 12.8 Å². The van der Waals surface area contributed by atoms with Gasteiger partial charge < -0.3 is 16.0 Å². The molecule has 0 saturated heterocycles. The molecule has 0 bridgehead atoms. The molecule has 0 saturated carbocycles. The van der Waals surface area contributed by atoms with Gasteiger partial charge in [0.15, 0.2) is 0 Å². The van der Waals surface area contributed by atoms with E-state index < -0.39 is 5.91 Å². The molecule has 0 radical (unpaired) electrons. The van der Waals surface area contributed by atoms with Gasteiger partial charge in [0.25, 0.3) is 11.8 Å². The first-order valence-corrected chi connectivity index (χ1v) is 10.6. The van der Waals surface area contributed by atoms with E-state index in [1.54, 1.807) is 12.1 Å². The SMILES string of the molecule is CN(C)c1ccc(C(=O)Nc2cccc(CCc3ncnc4c(C(N)=O)cccc34)c2)cc1. The molecule has 0 aliphatic carbocycles. The molecule has 3 N–H and O–H groups in total. The lowest BCUT2D eigenvalue weighted by molar-refractivity contribution is 0.0998. The molecule has 3 aromatic carbocycles. The average molecular weight is 440 g/mol. The van der Waals surface area contributed by atoms with Crippen LogP contribution in [0.5, 0.6) is 0 Å². The number of para-hydroxylation sites is 1. The van der Waals surface area contributed by atoms with Gasteiger partial charge in [-0.15, -0.1) is 0 Å². The summed E-state index contributed by atoms with van der Waals surface area (Å²) >= 11 is 0. The van der Waals surface area contributed by atoms with Crippen LogP contribution in [0.3, 0.4) is 0 Å². The summed E-state index contributed by atoms with van der Waals surface area (Å²) in [7, 11) is 3.92. The smallest absolute Gasteiger partial charge is 0.255 e. The minimum absolute atomic E-state index is 0.154. The van der Waals surface area contributed by atoms with Gasteiger partial charge >= 0.3 is 0 Å². The molecule has 0 unspecified atom stereocenters. The Kier molecular flexibility index (Phi) is 6.31. The standard InChI is InChI=1S/C26H25N5O2/c1-31(2)20-12-10-18(11-13-20)26(33)30-19-6-3-5-17(15-19)9-14-23-21-7-4-8-22(25(27)32)24(21)29-16-28-23/h3-8,10-13,15-16H,9,14H2,1-2H3,(H2,27,32)(H,30,33). The Morgan fingerprint density at radius 1 is 0.939 bits per heavy atom. The van der Waals surface area contributed by atoms with Crippen LogP contribution in [0.4, 0.5) is 11.4 Å². The van der Waals surface area contributed by atoms with Crippen molar-refractivity contribution in [2.75, 3.05) is 24.3 Å². The van der Waals surface area contributed by atoms with E-state index >= 15 is 0 Å². The Balaban J connectivity index is 1.47. The van der Waals surface area contributed by atoms with Crippen molar-refractivity contribution >= 4 is 34.1 Å². The van der Waals surface area contributed by atoms with E-state index in [0.29, 0.717) is 29.5 Å². The van der Waals surface area contributed by atoms with E-state index in [0.717, 1.165) is 28.0 Å². The zero-order valence-electron chi connectivity index (χ0n) is 18.6. The van der Waals surface area contributed by atoms with E-state index in [9.17, 15) is 9.59 Å². The fraction of sp³-hybridized carbons (Fsp3) is 0.154. The Morgan fingerprint density at radius 3 is 2.42 bits per heavy atom. The lowest BCUT2D eigenvalue weighted by atomic mass is 10.0. The fourth-order valence-electron chi connectivity index (χ4n) is 3.72. The first-order chi connectivity index (χ1) is 15.9. The highest BCUT2D eigenvalue weighted by Gasteiger charge is 2.12. The molecule has 4 rings (SSSR count). The molecular formula is C26H25N5O2. The second kappa shape index (κ2) is 9.48. The zero-order valence-corrected chi connectivity index (χ0v) is 18.6. The van der Waals surface area contributed by atoms with Crippen LogP contribution >= 0.6 is 0 Å². The first kappa shape index (κ1) is 22.0. The van der Waals surface area contributed by atoms with Gasteiger partial charge in [-0.05, 0) is 60.9 Å². The number of hydrogen-bond acceptors (Lipinski definition) is 5. The van der Waals surface area contributed by atoms with Crippen molar-refractivity contribution in [1.82, 2.24) is 9.97 Å². The van der Waals surface area contributed by atoms with Crippen LogP contribution in [-0.4, -0.2) is 35.9 Å². The third kappa shape index (κ3) is 4.98. The predicted molar refractivity (Wildman–Crippen MR) is 131 cm³/mol. The summed E-state index contributed by atoms with van der Waals surface area (Å²) in [5.41, 5.74) is 10.7. The minimum Gasteiger partial charge on any atom is -0.378 e. The van der Waals surface area contributed by atoms with Crippen molar-refractivity contribution in [1.29, 1.82) is 0 Å². The molecule has 1 heterocycles. The molecule has 0 spiro atoms. The van der Waals surface area contributed by atoms with E-state index in [2.05, 4.69) is 15.3 Å². The molecule has 7 heteroatoms. The summed E-state index contributed by atoms with van der Waals surface area (Å²) in [6, 6.07) is 20.6. The Bertz CT molecular complexity index is 1320. The van der Waals surface area contributed by atoms with Crippen LogP contribution in [0.15, 0.2) is 73.1 Å². The van der Waals surface area contributed by atoms with Gasteiger partial charge in [0.1, 0.15) is 6.33 Å². The summed E-state index contributed by atoms with van der Waals surface area (Å²) in [5, 5.41) is 3.78.